The third-order valence-electron chi connectivity index (χ3n) is 3.78. The molecular weight excluding hydrogens is 324 g/mol. The summed E-state index contributed by atoms with van der Waals surface area (Å²) in [5.41, 5.74) is 3.16. The fourth-order valence-electron chi connectivity index (χ4n) is 2.43. The van der Waals surface area contributed by atoms with E-state index in [2.05, 4.69) is 10.6 Å². The summed E-state index contributed by atoms with van der Waals surface area (Å²) >= 11 is 5.98. The van der Waals surface area contributed by atoms with Gasteiger partial charge in [0.15, 0.2) is 0 Å². The SMILES string of the molecule is COc1ccccc1CCNC(=O)CCNc1cc(Cl)ccc1C. The summed E-state index contributed by atoms with van der Waals surface area (Å²) in [6, 6.07) is 13.5. The number of nitrogens with one attached hydrogen (secondary N) is 2. The summed E-state index contributed by atoms with van der Waals surface area (Å²) in [5, 5.41) is 6.86. The number of ether oxygens (including phenoxy) is 1. The molecule has 2 aromatic rings. The van der Waals surface area contributed by atoms with Crippen LogP contribution in [0.5, 0.6) is 5.75 Å². The molecule has 0 saturated carbocycles. The highest BCUT2D eigenvalue weighted by atomic mass is 35.5. The number of anilines is 1. The molecular formula is C19H23ClN2O2. The Morgan fingerprint density at radius 2 is 1.96 bits per heavy atom. The molecule has 0 spiro atoms. The topological polar surface area (TPSA) is 50.4 Å². The normalized spacial score (nSPS) is 10.3. The van der Waals surface area contributed by atoms with Gasteiger partial charge in [0, 0.05) is 30.2 Å². The highest BCUT2D eigenvalue weighted by Crippen LogP contribution is 2.20. The monoisotopic (exact) mass is 346 g/mol. The molecule has 0 unspecified atom stereocenters. The third kappa shape index (κ3) is 5.46. The Morgan fingerprint density at radius 1 is 1.17 bits per heavy atom. The Morgan fingerprint density at radius 3 is 2.75 bits per heavy atom. The van der Waals surface area contributed by atoms with Crippen LogP contribution >= 0.6 is 11.6 Å². The van der Waals surface area contributed by atoms with Crippen molar-refractivity contribution >= 4 is 23.2 Å². The molecule has 2 rings (SSSR count). The zero-order chi connectivity index (χ0) is 17.4. The number of methoxy groups -OCH3 is 1. The van der Waals surface area contributed by atoms with E-state index in [-0.39, 0.29) is 5.91 Å². The number of aryl methyl sites for hydroxylation is 1. The van der Waals surface area contributed by atoms with Crippen molar-refractivity contribution in [3.8, 4) is 5.75 Å². The smallest absolute Gasteiger partial charge is 0.221 e. The maximum Gasteiger partial charge on any atom is 0.221 e. The van der Waals surface area contributed by atoms with E-state index in [1.807, 2.05) is 49.4 Å². The number of halogens is 1. The number of para-hydroxylation sites is 1. The first-order valence-electron chi connectivity index (χ1n) is 7.99. The molecule has 0 aromatic heterocycles. The van der Waals surface area contributed by atoms with Crippen LogP contribution in [0.15, 0.2) is 42.5 Å². The maximum atomic E-state index is 11.9. The average molecular weight is 347 g/mol. The van der Waals surface area contributed by atoms with Crippen molar-refractivity contribution in [2.75, 3.05) is 25.5 Å². The molecule has 0 atom stereocenters. The lowest BCUT2D eigenvalue weighted by atomic mass is 10.1. The predicted molar refractivity (Wildman–Crippen MR) is 99.0 cm³/mol. The fraction of sp³-hybridized carbons (Fsp3) is 0.316. The lowest BCUT2D eigenvalue weighted by Crippen LogP contribution is -2.27. The molecule has 1 amide bonds. The molecule has 24 heavy (non-hydrogen) atoms. The second-order valence-corrected chi connectivity index (χ2v) is 5.98. The number of hydrogen-bond donors (Lipinski definition) is 2. The second kappa shape index (κ2) is 9.18. The summed E-state index contributed by atoms with van der Waals surface area (Å²) in [6.45, 7) is 3.17. The van der Waals surface area contributed by atoms with Gasteiger partial charge in [-0.15, -0.1) is 0 Å². The van der Waals surface area contributed by atoms with Gasteiger partial charge < -0.3 is 15.4 Å². The number of carbonyl (C=O) groups is 1. The van der Waals surface area contributed by atoms with Gasteiger partial charge in [0.05, 0.1) is 7.11 Å². The van der Waals surface area contributed by atoms with E-state index in [4.69, 9.17) is 16.3 Å². The van der Waals surface area contributed by atoms with E-state index < -0.39 is 0 Å². The summed E-state index contributed by atoms with van der Waals surface area (Å²) in [7, 11) is 1.65. The first-order chi connectivity index (χ1) is 11.6. The van der Waals surface area contributed by atoms with Crippen molar-refractivity contribution in [3.63, 3.8) is 0 Å². The summed E-state index contributed by atoms with van der Waals surface area (Å²) < 4.78 is 5.30. The van der Waals surface area contributed by atoms with Gasteiger partial charge in [-0.05, 0) is 42.7 Å². The van der Waals surface area contributed by atoms with Gasteiger partial charge in [0.2, 0.25) is 5.91 Å². The van der Waals surface area contributed by atoms with Crippen molar-refractivity contribution in [2.45, 2.75) is 19.8 Å². The molecule has 2 aromatic carbocycles. The van der Waals surface area contributed by atoms with Crippen LogP contribution in [-0.2, 0) is 11.2 Å². The van der Waals surface area contributed by atoms with E-state index in [0.29, 0.717) is 24.5 Å². The first kappa shape index (κ1) is 18.1. The predicted octanol–water partition coefficient (Wildman–Crippen LogP) is 3.82. The number of benzene rings is 2. The molecule has 0 aliphatic carbocycles. The third-order valence-corrected chi connectivity index (χ3v) is 4.01. The minimum atomic E-state index is 0.0251. The van der Waals surface area contributed by atoms with Crippen molar-refractivity contribution in [1.82, 2.24) is 5.32 Å². The van der Waals surface area contributed by atoms with Gasteiger partial charge in [-0.3, -0.25) is 4.79 Å². The van der Waals surface area contributed by atoms with Crippen LogP contribution in [-0.4, -0.2) is 26.1 Å². The maximum absolute atomic E-state index is 11.9. The van der Waals surface area contributed by atoms with Crippen LogP contribution < -0.4 is 15.4 Å². The minimum Gasteiger partial charge on any atom is -0.496 e. The Hall–Kier alpha value is -2.20. The van der Waals surface area contributed by atoms with Crippen LogP contribution in [0.1, 0.15) is 17.5 Å². The van der Waals surface area contributed by atoms with E-state index in [0.717, 1.165) is 29.0 Å². The molecule has 0 aliphatic heterocycles. The minimum absolute atomic E-state index is 0.0251. The molecule has 0 radical (unpaired) electrons. The standard InChI is InChI=1S/C19H23ClN2O2/c1-14-7-8-16(20)13-17(14)21-12-10-19(23)22-11-9-15-5-3-4-6-18(15)24-2/h3-8,13,21H,9-12H2,1-2H3,(H,22,23). The largest absolute Gasteiger partial charge is 0.496 e. The summed E-state index contributed by atoms with van der Waals surface area (Å²) in [4.78, 5) is 11.9. The van der Waals surface area contributed by atoms with Gasteiger partial charge in [0.25, 0.3) is 0 Å². The zero-order valence-electron chi connectivity index (χ0n) is 14.1. The quantitative estimate of drug-likeness (QED) is 0.764. The van der Waals surface area contributed by atoms with Crippen LogP contribution in [0.3, 0.4) is 0 Å². The molecule has 0 saturated heterocycles. The Labute approximate surface area is 148 Å². The van der Waals surface area contributed by atoms with E-state index >= 15 is 0 Å². The summed E-state index contributed by atoms with van der Waals surface area (Å²) in [5.74, 6) is 0.877. The molecule has 0 aliphatic rings. The number of amides is 1. The van der Waals surface area contributed by atoms with Crippen LogP contribution in [0.4, 0.5) is 5.69 Å². The van der Waals surface area contributed by atoms with E-state index in [9.17, 15) is 4.79 Å². The molecule has 4 nitrogen and oxygen atoms in total. The highest BCUT2D eigenvalue weighted by Gasteiger charge is 2.05. The molecule has 0 bridgehead atoms. The van der Waals surface area contributed by atoms with E-state index in [1.165, 1.54) is 0 Å². The summed E-state index contributed by atoms with van der Waals surface area (Å²) in [6.07, 6.45) is 1.16. The number of hydrogen-bond acceptors (Lipinski definition) is 3. The fourth-order valence-corrected chi connectivity index (χ4v) is 2.60. The molecule has 0 fully saturated rings. The van der Waals surface area contributed by atoms with E-state index in [1.54, 1.807) is 7.11 Å². The van der Waals surface area contributed by atoms with Gasteiger partial charge in [-0.1, -0.05) is 35.9 Å². The lowest BCUT2D eigenvalue weighted by molar-refractivity contribution is -0.120. The van der Waals surface area contributed by atoms with Crippen molar-refractivity contribution < 1.29 is 9.53 Å². The average Bonchev–Trinajstić information content (AvgIpc) is 2.58. The number of rotatable bonds is 8. The van der Waals surface area contributed by atoms with Gasteiger partial charge in [-0.25, -0.2) is 0 Å². The van der Waals surface area contributed by atoms with Crippen molar-refractivity contribution in [2.24, 2.45) is 0 Å². The first-order valence-corrected chi connectivity index (χ1v) is 8.36. The van der Waals surface area contributed by atoms with Crippen molar-refractivity contribution in [3.05, 3.63) is 58.6 Å². The Bertz CT molecular complexity index is 689. The van der Waals surface area contributed by atoms with Crippen molar-refractivity contribution in [1.29, 1.82) is 0 Å². The van der Waals surface area contributed by atoms with Gasteiger partial charge in [0.1, 0.15) is 5.75 Å². The second-order valence-electron chi connectivity index (χ2n) is 5.55. The lowest BCUT2D eigenvalue weighted by Gasteiger charge is -2.11. The number of carbonyl (C=O) groups excluding carboxylic acids is 1. The van der Waals surface area contributed by atoms with Crippen LogP contribution in [0.25, 0.3) is 0 Å². The molecule has 128 valence electrons. The van der Waals surface area contributed by atoms with Crippen LogP contribution in [0, 0.1) is 6.92 Å². The molecule has 2 N–H and O–H groups in total. The Balaban J connectivity index is 1.71. The zero-order valence-corrected chi connectivity index (χ0v) is 14.8. The molecule has 5 heteroatoms. The van der Waals surface area contributed by atoms with Gasteiger partial charge >= 0.3 is 0 Å². The van der Waals surface area contributed by atoms with Gasteiger partial charge in [-0.2, -0.15) is 0 Å². The highest BCUT2D eigenvalue weighted by molar-refractivity contribution is 6.30. The Kier molecular flexibility index (Phi) is 6.94. The van der Waals surface area contributed by atoms with Crippen LogP contribution in [0.2, 0.25) is 5.02 Å². The molecule has 0 heterocycles.